The van der Waals surface area contributed by atoms with Gasteiger partial charge in [-0.3, -0.25) is 4.55 Å². The van der Waals surface area contributed by atoms with Crippen molar-refractivity contribution in [3.8, 4) is 0 Å². The van der Waals surface area contributed by atoms with E-state index in [9.17, 15) is 36.2 Å². The fourth-order valence-corrected chi connectivity index (χ4v) is 11.8. The van der Waals surface area contributed by atoms with E-state index in [0.717, 1.165) is 85.9 Å². The number of aliphatic hydroxyl groups is 2. The summed E-state index contributed by atoms with van der Waals surface area (Å²) in [6, 6.07) is 33.0. The maximum atomic E-state index is 11.7. The van der Waals surface area contributed by atoms with Crippen molar-refractivity contribution in [1.29, 1.82) is 0 Å². The number of aliphatic imine (C=N–C) groups is 1. The van der Waals surface area contributed by atoms with Gasteiger partial charge in [-0.1, -0.05) is 92.7 Å². The molecule has 3 aliphatic rings. The quantitative estimate of drug-likeness (QED) is 0.0214. The molecule has 0 spiro atoms. The van der Waals surface area contributed by atoms with Crippen LogP contribution in [0.2, 0.25) is 0 Å². The van der Waals surface area contributed by atoms with Gasteiger partial charge in [0, 0.05) is 58.8 Å². The van der Waals surface area contributed by atoms with Gasteiger partial charge in [-0.2, -0.15) is 13.0 Å². The number of benzene rings is 5. The fraction of sp³-hybridized carbons (Fsp3) is 0.345. The van der Waals surface area contributed by atoms with Gasteiger partial charge in [0.15, 0.2) is 5.71 Å². The Hall–Kier alpha value is -4.70. The third-order valence-corrected chi connectivity index (χ3v) is 15.4. The summed E-state index contributed by atoms with van der Waals surface area (Å²) in [5.74, 6) is -0.845. The predicted octanol–water partition coefficient (Wildman–Crippen LogP) is 7.47. The molecular formula is C55H61N3NaO8S2+. The van der Waals surface area contributed by atoms with Crippen molar-refractivity contribution in [2.24, 2.45) is 4.99 Å². The Bertz CT molecular complexity index is 3190. The van der Waals surface area contributed by atoms with Gasteiger partial charge in [0.05, 0.1) is 34.4 Å². The molecule has 69 heavy (non-hydrogen) atoms. The molecule has 0 saturated heterocycles. The molecule has 0 fully saturated rings. The Labute approximate surface area is 429 Å². The molecular weight excluding hydrogens is 918 g/mol. The summed E-state index contributed by atoms with van der Waals surface area (Å²) in [5.41, 5.74) is 10.7. The zero-order valence-electron chi connectivity index (χ0n) is 40.3. The number of anilines is 1. The van der Waals surface area contributed by atoms with Crippen LogP contribution in [0.4, 0.5) is 11.4 Å². The fourth-order valence-electron chi connectivity index (χ4n) is 10.7. The average molecular weight is 979 g/mol. The Kier molecular flexibility index (Phi) is 16.1. The first-order chi connectivity index (χ1) is 32.4. The monoisotopic (exact) mass is 978 g/mol. The van der Waals surface area contributed by atoms with E-state index in [2.05, 4.69) is 127 Å². The van der Waals surface area contributed by atoms with Crippen LogP contribution in [0.15, 0.2) is 143 Å². The molecule has 2 aliphatic heterocycles. The first-order valence-electron chi connectivity index (χ1n) is 23.5. The number of aliphatic hydroxyl groups excluding tert-OH is 2. The molecule has 0 aromatic heterocycles. The average Bonchev–Trinajstić information content (AvgIpc) is 3.66. The third-order valence-electron chi connectivity index (χ3n) is 13.8. The minimum absolute atomic E-state index is 0. The van der Waals surface area contributed by atoms with Crippen molar-refractivity contribution in [1.82, 2.24) is 0 Å². The van der Waals surface area contributed by atoms with E-state index in [1.54, 1.807) is 0 Å². The molecule has 5 aromatic rings. The topological polar surface area (TPSA) is 171 Å². The van der Waals surface area contributed by atoms with Crippen molar-refractivity contribution in [2.75, 3.05) is 42.6 Å². The van der Waals surface area contributed by atoms with Gasteiger partial charge in [0.2, 0.25) is 11.6 Å². The standard InChI is InChI=1S/C55H61N3O8S2.Na/c1-54(2)48(57(33-9-11-36-67(61,62)63)46-28-24-38-14-5-7-18-44(38)51(46)54)30-26-40-16-13-17-41(50(40)42-20-22-43(23-21-42)53(60)56-32-35-59)27-31-49-55(3,4)52-45-19-8-6-15-39(45)25-29-47(52)58(49)34-10-12-37-68(64,65)66;/h5-8,14-15,18-31,59H,9-13,16-17,32-37H2,1-4H3,(H2-,56,60,61,62,63,64,65,66);/q;+1. The van der Waals surface area contributed by atoms with Gasteiger partial charge in [-0.25, -0.2) is 13.4 Å². The number of allylic oxidation sites excluding steroid dienone is 8. The van der Waals surface area contributed by atoms with E-state index in [4.69, 9.17) is 0 Å². The number of nitrogens with zero attached hydrogens (tertiary/aromatic N) is 3. The summed E-state index contributed by atoms with van der Waals surface area (Å²) >= 11 is 0. The van der Waals surface area contributed by atoms with Crippen LogP contribution in [-0.2, 0) is 31.1 Å². The van der Waals surface area contributed by atoms with Gasteiger partial charge in [0.25, 0.3) is 10.1 Å². The Morgan fingerprint density at radius 2 is 1.42 bits per heavy atom. The maximum Gasteiger partial charge on any atom is 1.00 e. The number of fused-ring (bicyclic) bond motifs is 6. The summed E-state index contributed by atoms with van der Waals surface area (Å²) in [7, 11) is -8.43. The molecule has 11 nitrogen and oxygen atoms in total. The second kappa shape index (κ2) is 21.3. The van der Waals surface area contributed by atoms with Crippen LogP contribution in [0.5, 0.6) is 0 Å². The van der Waals surface area contributed by atoms with Crippen molar-refractivity contribution in [2.45, 2.75) is 83.5 Å². The van der Waals surface area contributed by atoms with Crippen molar-refractivity contribution in [3.63, 3.8) is 0 Å². The van der Waals surface area contributed by atoms with Crippen LogP contribution in [-0.4, -0.2) is 90.1 Å². The summed E-state index contributed by atoms with van der Waals surface area (Å²) in [6.07, 6.45) is 13.1. The smallest absolute Gasteiger partial charge is 0.748 e. The predicted molar refractivity (Wildman–Crippen MR) is 274 cm³/mol. The first kappa shape index (κ1) is 52.1. The van der Waals surface area contributed by atoms with E-state index in [-0.39, 0.29) is 60.8 Å². The van der Waals surface area contributed by atoms with Gasteiger partial charge >= 0.3 is 29.6 Å². The molecule has 0 unspecified atom stereocenters. The van der Waals surface area contributed by atoms with Crippen LogP contribution in [0.1, 0.15) is 94.9 Å². The SMILES string of the molecule is CC1(C)C(=CC=C2CCCC(C=CC3=[N+](CCCCS(=O)(=O)O)c4ccc5ccccc5c4C3(C)C)=C2c2ccc(C(O)=NCCO)cc2)N(CCCCS(=O)(=O)[O-])c2ccc3ccccc3c21.[Na+]. The van der Waals surface area contributed by atoms with Crippen molar-refractivity contribution in [3.05, 3.63) is 160 Å². The first-order valence-corrected chi connectivity index (χ1v) is 26.7. The molecule has 1 aliphatic carbocycles. The number of unbranched alkanes of at least 4 members (excludes halogenated alkanes) is 2. The minimum Gasteiger partial charge on any atom is -0.748 e. The van der Waals surface area contributed by atoms with Crippen LogP contribution < -0.4 is 34.5 Å². The second-order valence-electron chi connectivity index (χ2n) is 19.1. The van der Waals surface area contributed by atoms with Gasteiger partial charge < -0.3 is 19.7 Å². The van der Waals surface area contributed by atoms with Crippen LogP contribution in [0.3, 0.4) is 0 Å². The molecule has 8 rings (SSSR count). The van der Waals surface area contributed by atoms with E-state index in [1.165, 1.54) is 11.1 Å². The van der Waals surface area contributed by atoms with Crippen molar-refractivity contribution < 1.29 is 70.3 Å². The van der Waals surface area contributed by atoms with Crippen LogP contribution >= 0.6 is 0 Å². The van der Waals surface area contributed by atoms with Gasteiger partial charge in [-0.05, 0) is 132 Å². The van der Waals surface area contributed by atoms with E-state index in [0.29, 0.717) is 37.9 Å². The van der Waals surface area contributed by atoms with Crippen LogP contribution in [0, 0.1) is 0 Å². The molecule has 0 amide bonds. The van der Waals surface area contributed by atoms with E-state index in [1.807, 2.05) is 36.4 Å². The van der Waals surface area contributed by atoms with E-state index >= 15 is 0 Å². The van der Waals surface area contributed by atoms with Crippen molar-refractivity contribution >= 4 is 70.3 Å². The van der Waals surface area contributed by atoms with Gasteiger partial charge in [-0.15, -0.1) is 0 Å². The number of hydrogen-bond donors (Lipinski definition) is 3. The zero-order chi connectivity index (χ0) is 48.4. The zero-order valence-corrected chi connectivity index (χ0v) is 43.9. The number of rotatable bonds is 17. The summed E-state index contributed by atoms with van der Waals surface area (Å²) in [4.78, 5) is 6.39. The Morgan fingerprint density at radius 1 is 0.768 bits per heavy atom. The molecule has 0 atom stereocenters. The second-order valence-corrected chi connectivity index (χ2v) is 22.2. The summed E-state index contributed by atoms with van der Waals surface area (Å²) in [5, 5.41) is 24.7. The molecule has 0 saturated carbocycles. The van der Waals surface area contributed by atoms with Crippen LogP contribution in [0.25, 0.3) is 27.1 Å². The third kappa shape index (κ3) is 11.3. The number of hydrogen-bond acceptors (Lipinski definition) is 8. The Morgan fingerprint density at radius 3 is 2.09 bits per heavy atom. The Balaban J connectivity index is 0.00000703. The molecule has 5 aromatic carbocycles. The molecule has 0 radical (unpaired) electrons. The molecule has 3 N–H and O–H groups in total. The maximum absolute atomic E-state index is 11.7. The van der Waals surface area contributed by atoms with E-state index < -0.39 is 36.8 Å². The van der Waals surface area contributed by atoms with Gasteiger partial charge in [0.1, 0.15) is 6.54 Å². The molecule has 14 heteroatoms. The summed E-state index contributed by atoms with van der Waals surface area (Å²) in [6.45, 7) is 9.96. The summed E-state index contributed by atoms with van der Waals surface area (Å²) < 4.78 is 70.0. The molecule has 356 valence electrons. The normalized spacial score (nSPS) is 18.2. The molecule has 2 heterocycles. The minimum atomic E-state index is -4.34. The molecule has 0 bridgehead atoms. The largest absolute Gasteiger partial charge is 1.00 e.